The van der Waals surface area contributed by atoms with Crippen LogP contribution in [0.15, 0.2) is 99.5 Å². The van der Waals surface area contributed by atoms with Crippen LogP contribution in [0.3, 0.4) is 0 Å². The van der Waals surface area contributed by atoms with Crippen molar-refractivity contribution in [3.63, 3.8) is 0 Å². The Balaban J connectivity index is 1.56. The summed E-state index contributed by atoms with van der Waals surface area (Å²) in [6.07, 6.45) is 1.82. The van der Waals surface area contributed by atoms with Crippen LogP contribution in [-0.4, -0.2) is 11.4 Å². The van der Waals surface area contributed by atoms with Crippen LogP contribution in [0.25, 0.3) is 22.6 Å². The van der Waals surface area contributed by atoms with Gasteiger partial charge in [-0.3, -0.25) is 4.49 Å². The van der Waals surface area contributed by atoms with Gasteiger partial charge in [-0.1, -0.05) is 60.2 Å². The maximum absolute atomic E-state index is 16.6. The van der Waals surface area contributed by atoms with Crippen LogP contribution in [0.5, 0.6) is 11.6 Å². The van der Waals surface area contributed by atoms with Crippen LogP contribution in [-0.2, 0) is 0 Å². The van der Waals surface area contributed by atoms with Crippen LogP contribution < -0.4 is 20.0 Å². The number of halogens is 3. The van der Waals surface area contributed by atoms with Crippen LogP contribution >= 0.6 is 15.9 Å². The van der Waals surface area contributed by atoms with E-state index < -0.39 is 6.97 Å². The molecule has 0 radical (unpaired) electrons. The van der Waals surface area contributed by atoms with E-state index in [0.29, 0.717) is 38.0 Å². The van der Waals surface area contributed by atoms with E-state index in [1.54, 1.807) is 30.3 Å². The van der Waals surface area contributed by atoms with E-state index in [2.05, 4.69) is 15.9 Å². The maximum Gasteiger partial charge on any atom is 0.742 e. The fourth-order valence-electron chi connectivity index (χ4n) is 5.13. The Kier molecular flexibility index (Phi) is 4.48. The third-order valence-electron chi connectivity index (χ3n) is 6.78. The molecule has 0 aliphatic carbocycles. The third-order valence-corrected chi connectivity index (χ3v) is 7.43. The normalized spacial score (nSPS) is 15.5. The molecule has 36 heavy (non-hydrogen) atoms. The minimum absolute atomic E-state index is 0.0510. The van der Waals surface area contributed by atoms with Gasteiger partial charge in [0.15, 0.2) is 11.6 Å². The summed E-state index contributed by atoms with van der Waals surface area (Å²) in [6.45, 7) is -2.34. The lowest BCUT2D eigenvalue weighted by atomic mass is 9.86. The first-order valence-electron chi connectivity index (χ1n) is 11.6. The number of furan rings is 1. The van der Waals surface area contributed by atoms with Gasteiger partial charge < -0.3 is 22.3 Å². The lowest BCUT2D eigenvalue weighted by Crippen LogP contribution is -2.56. The van der Waals surface area contributed by atoms with E-state index in [-0.39, 0.29) is 11.4 Å². The molecule has 0 spiro atoms. The molecule has 7 rings (SSSR count). The van der Waals surface area contributed by atoms with E-state index >= 15 is 8.63 Å². The van der Waals surface area contributed by atoms with Gasteiger partial charge in [0.05, 0.1) is 15.3 Å². The summed E-state index contributed by atoms with van der Waals surface area (Å²) in [7, 11) is 0. The van der Waals surface area contributed by atoms with Gasteiger partial charge in [-0.25, -0.2) is 0 Å². The number of rotatable bonds is 3. The first kappa shape index (κ1) is 21.4. The van der Waals surface area contributed by atoms with Crippen LogP contribution in [0.2, 0.25) is 0 Å². The molecule has 0 saturated carbocycles. The van der Waals surface area contributed by atoms with Gasteiger partial charge in [-0.15, -0.1) is 0 Å². The molecule has 4 nitrogen and oxygen atoms in total. The molecule has 2 aliphatic heterocycles. The zero-order valence-electron chi connectivity index (χ0n) is 19.1. The second-order valence-corrected chi connectivity index (χ2v) is 9.86. The molecule has 176 valence electrons. The van der Waals surface area contributed by atoms with Crippen molar-refractivity contribution in [3.05, 3.63) is 123 Å². The molecule has 5 aromatic rings. The Labute approximate surface area is 213 Å². The summed E-state index contributed by atoms with van der Waals surface area (Å²) >= 11 is 3.45. The molecule has 0 bridgehead atoms. The monoisotopic (exact) mass is 542 g/mol. The summed E-state index contributed by atoms with van der Waals surface area (Å²) in [4.78, 5) is 0. The van der Waals surface area contributed by atoms with Crippen LogP contribution in [0.4, 0.5) is 8.63 Å². The first-order valence-corrected chi connectivity index (χ1v) is 12.4. The molecule has 0 atom stereocenters. The predicted molar refractivity (Wildman–Crippen MR) is 140 cm³/mol. The smallest absolute Gasteiger partial charge is 0.443 e. The molecule has 2 aliphatic rings. The Hall–Kier alpha value is -3.91. The van der Waals surface area contributed by atoms with Gasteiger partial charge in [-0.05, 0) is 58.7 Å². The van der Waals surface area contributed by atoms with Crippen molar-refractivity contribution >= 4 is 45.5 Å². The van der Waals surface area contributed by atoms with Gasteiger partial charge in [0.25, 0.3) is 0 Å². The zero-order valence-corrected chi connectivity index (χ0v) is 20.7. The first-order chi connectivity index (χ1) is 17.4. The molecule has 4 heterocycles. The number of hydrogen-bond donors (Lipinski definition) is 0. The average molecular weight is 543 g/mol. The number of para-hydroxylation sites is 2. The highest BCUT2D eigenvalue weighted by Gasteiger charge is 2.55. The van der Waals surface area contributed by atoms with Gasteiger partial charge >= 0.3 is 12.5 Å². The van der Waals surface area contributed by atoms with Crippen LogP contribution in [0.1, 0.15) is 16.8 Å². The number of ether oxygens (including phenoxy) is 1. The number of nitrogens with zero attached hydrogens (tertiary/aromatic N) is 2. The molecule has 3 aromatic carbocycles. The zero-order chi connectivity index (χ0) is 24.6. The van der Waals surface area contributed by atoms with E-state index in [4.69, 9.17) is 9.15 Å². The number of fused-ring (bicyclic) bond motifs is 5. The second-order valence-electron chi connectivity index (χ2n) is 9.01. The summed E-state index contributed by atoms with van der Waals surface area (Å²) in [5.74, 6) is 0.504. The molecule has 0 fully saturated rings. The number of benzene rings is 3. The van der Waals surface area contributed by atoms with E-state index in [9.17, 15) is 0 Å². The fraction of sp³-hybridized carbons (Fsp3) is 0.0357. The molecule has 2 aromatic heterocycles. The SMILES string of the molecule is Cc1ccc(C2=C3C=c4c(oc5ccccc45)=[N+]3[B-](F)(F)n3c(Oc4ccccc4Br)ccc32)cc1. The molecule has 0 saturated heterocycles. The number of aromatic nitrogens is 1. The largest absolute Gasteiger partial charge is 0.742 e. The molecule has 8 heteroatoms. The summed E-state index contributed by atoms with van der Waals surface area (Å²) < 4.78 is 47.9. The van der Waals surface area contributed by atoms with Crippen LogP contribution in [0, 0.1) is 6.92 Å². The number of allylic oxidation sites excluding steroid dienone is 1. The predicted octanol–water partition coefficient (Wildman–Crippen LogP) is 6.08. The topological polar surface area (TPSA) is 30.3 Å². The molecule has 0 unspecified atom stereocenters. The molecular weight excluding hydrogens is 525 g/mol. The van der Waals surface area contributed by atoms with Crippen molar-refractivity contribution in [1.82, 2.24) is 8.96 Å². The van der Waals surface area contributed by atoms with E-state index in [0.717, 1.165) is 25.5 Å². The number of hydrogen-bond acceptors (Lipinski definition) is 2. The van der Waals surface area contributed by atoms with Crippen molar-refractivity contribution in [2.75, 3.05) is 0 Å². The summed E-state index contributed by atoms with van der Waals surface area (Å²) in [5, 5.41) is 1.46. The standard InChI is InChI=1S/C28H18BBrF2N2O2/c1-17-10-12-18(13-11-17)27-22-14-15-26(35-25-9-5-3-7-21(25)30)33(22)29(31,32)34-23(27)16-20-19-6-2-4-8-24(19)36-28(20)34/h2-16H,1H3. The van der Waals surface area contributed by atoms with Crippen molar-refractivity contribution < 1.29 is 17.8 Å². The van der Waals surface area contributed by atoms with Gasteiger partial charge in [0.2, 0.25) is 0 Å². The highest BCUT2D eigenvalue weighted by atomic mass is 79.9. The maximum atomic E-state index is 16.6. The fourth-order valence-corrected chi connectivity index (χ4v) is 5.49. The Morgan fingerprint density at radius 3 is 2.47 bits per heavy atom. The van der Waals surface area contributed by atoms with Gasteiger partial charge in [-0.2, -0.15) is 0 Å². The average Bonchev–Trinajstić information content (AvgIpc) is 3.54. The van der Waals surface area contributed by atoms with Crippen molar-refractivity contribution in [2.24, 2.45) is 0 Å². The lowest BCUT2D eigenvalue weighted by molar-refractivity contribution is 0.416. The van der Waals surface area contributed by atoms with Gasteiger partial charge in [0, 0.05) is 17.2 Å². The second kappa shape index (κ2) is 7.55. The van der Waals surface area contributed by atoms with E-state index in [1.165, 1.54) is 0 Å². The highest BCUT2D eigenvalue weighted by molar-refractivity contribution is 9.10. The quantitative estimate of drug-likeness (QED) is 0.259. The van der Waals surface area contributed by atoms with Crippen molar-refractivity contribution in [3.8, 4) is 11.6 Å². The van der Waals surface area contributed by atoms with E-state index in [1.807, 2.05) is 67.6 Å². The molecular formula is C28H18BBrF2N2O2. The van der Waals surface area contributed by atoms with Crippen molar-refractivity contribution in [2.45, 2.75) is 6.92 Å². The molecule has 0 N–H and O–H groups in total. The minimum atomic E-state index is -4.34. The van der Waals surface area contributed by atoms with Gasteiger partial charge in [0.1, 0.15) is 11.3 Å². The highest BCUT2D eigenvalue weighted by Crippen LogP contribution is 2.42. The minimum Gasteiger partial charge on any atom is -0.443 e. The Morgan fingerprint density at radius 2 is 1.67 bits per heavy atom. The summed E-state index contributed by atoms with van der Waals surface area (Å²) in [6, 6.07) is 25.8. The third kappa shape index (κ3) is 2.94. The summed E-state index contributed by atoms with van der Waals surface area (Å²) in [5.41, 5.74) is 4.15. The Bertz CT molecular complexity index is 1870. The lowest BCUT2D eigenvalue weighted by Gasteiger charge is -2.31. The van der Waals surface area contributed by atoms with Crippen molar-refractivity contribution in [1.29, 1.82) is 0 Å². The Morgan fingerprint density at radius 1 is 0.917 bits per heavy atom. The number of aryl methyl sites for hydroxylation is 1. The molecule has 0 amide bonds.